The number of benzene rings is 1. The van der Waals surface area contributed by atoms with E-state index >= 15 is 0 Å². The first-order valence-corrected chi connectivity index (χ1v) is 6.05. The van der Waals surface area contributed by atoms with E-state index in [0.29, 0.717) is 20.9 Å². The molecule has 0 saturated heterocycles. The SMILES string of the molecule is COC(=O)Cc1cc(CBr)cc(Cl)c1Cl. The van der Waals surface area contributed by atoms with Gasteiger partial charge in [0.15, 0.2) is 0 Å². The third-order valence-electron chi connectivity index (χ3n) is 1.88. The smallest absolute Gasteiger partial charge is 0.310 e. The van der Waals surface area contributed by atoms with Crippen LogP contribution in [0.3, 0.4) is 0 Å². The van der Waals surface area contributed by atoms with Crippen LogP contribution in [0.25, 0.3) is 0 Å². The van der Waals surface area contributed by atoms with Gasteiger partial charge in [-0.3, -0.25) is 4.79 Å². The summed E-state index contributed by atoms with van der Waals surface area (Å²) < 4.78 is 4.57. The number of esters is 1. The average molecular weight is 312 g/mol. The van der Waals surface area contributed by atoms with Gasteiger partial charge >= 0.3 is 5.97 Å². The molecule has 0 spiro atoms. The van der Waals surface area contributed by atoms with Crippen LogP contribution in [-0.4, -0.2) is 13.1 Å². The molecule has 0 unspecified atom stereocenters. The van der Waals surface area contributed by atoms with E-state index in [1.54, 1.807) is 6.07 Å². The summed E-state index contributed by atoms with van der Waals surface area (Å²) >= 11 is 15.2. The minimum absolute atomic E-state index is 0.135. The van der Waals surface area contributed by atoms with Gasteiger partial charge in [-0.05, 0) is 17.2 Å². The molecule has 0 aliphatic rings. The Bertz CT molecular complexity index is 380. The highest BCUT2D eigenvalue weighted by atomic mass is 79.9. The summed E-state index contributed by atoms with van der Waals surface area (Å²) in [6, 6.07) is 3.60. The molecule has 0 fully saturated rings. The average Bonchev–Trinajstić information content (AvgIpc) is 2.24. The van der Waals surface area contributed by atoms with Crippen LogP contribution in [0.4, 0.5) is 0 Å². The minimum atomic E-state index is -0.334. The van der Waals surface area contributed by atoms with E-state index in [0.717, 1.165) is 5.56 Å². The summed E-state index contributed by atoms with van der Waals surface area (Å²) in [5.74, 6) is -0.334. The maximum Gasteiger partial charge on any atom is 0.310 e. The van der Waals surface area contributed by atoms with E-state index in [1.807, 2.05) is 6.07 Å². The Morgan fingerprint density at radius 1 is 1.47 bits per heavy atom. The van der Waals surface area contributed by atoms with Gasteiger partial charge < -0.3 is 4.74 Å². The lowest BCUT2D eigenvalue weighted by Gasteiger charge is -2.07. The lowest BCUT2D eigenvalue weighted by atomic mass is 10.1. The molecule has 0 aliphatic carbocycles. The topological polar surface area (TPSA) is 26.3 Å². The lowest BCUT2D eigenvalue weighted by Crippen LogP contribution is -2.05. The molecular formula is C10H9BrCl2O2. The Morgan fingerprint density at radius 2 is 2.13 bits per heavy atom. The summed E-state index contributed by atoms with van der Waals surface area (Å²) in [4.78, 5) is 11.1. The molecule has 0 bridgehead atoms. The van der Waals surface area contributed by atoms with E-state index < -0.39 is 0 Å². The first kappa shape index (κ1) is 12.8. The van der Waals surface area contributed by atoms with Gasteiger partial charge in [0.1, 0.15) is 0 Å². The highest BCUT2D eigenvalue weighted by molar-refractivity contribution is 9.08. The highest BCUT2D eigenvalue weighted by Gasteiger charge is 2.11. The zero-order valence-corrected chi connectivity index (χ0v) is 11.1. The summed E-state index contributed by atoms with van der Waals surface area (Å²) in [7, 11) is 1.34. The van der Waals surface area contributed by atoms with Gasteiger partial charge in [0.05, 0.1) is 23.6 Å². The zero-order chi connectivity index (χ0) is 11.4. The third kappa shape index (κ3) is 3.37. The van der Waals surface area contributed by atoms with Crippen LogP contribution in [0.5, 0.6) is 0 Å². The van der Waals surface area contributed by atoms with Crippen LogP contribution in [0.1, 0.15) is 11.1 Å². The number of ether oxygens (including phenoxy) is 1. The molecule has 0 radical (unpaired) electrons. The van der Waals surface area contributed by atoms with Crippen molar-refractivity contribution in [2.75, 3.05) is 7.11 Å². The molecule has 0 N–H and O–H groups in total. The van der Waals surface area contributed by atoms with Gasteiger partial charge in [-0.1, -0.05) is 45.2 Å². The second-order valence-electron chi connectivity index (χ2n) is 2.94. The fourth-order valence-corrected chi connectivity index (χ4v) is 1.90. The van der Waals surface area contributed by atoms with Crippen molar-refractivity contribution in [3.05, 3.63) is 33.3 Å². The van der Waals surface area contributed by atoms with Crippen molar-refractivity contribution < 1.29 is 9.53 Å². The third-order valence-corrected chi connectivity index (χ3v) is 3.37. The minimum Gasteiger partial charge on any atom is -0.469 e. The largest absolute Gasteiger partial charge is 0.469 e. The van der Waals surface area contributed by atoms with Crippen LogP contribution in [-0.2, 0) is 21.3 Å². The standard InChI is InChI=1S/C10H9BrCl2O2/c1-15-9(14)4-7-2-6(5-11)3-8(12)10(7)13/h2-3H,4-5H2,1H3. The van der Waals surface area contributed by atoms with Crippen molar-refractivity contribution in [1.29, 1.82) is 0 Å². The predicted molar refractivity (Wildman–Crippen MR) is 64.8 cm³/mol. The number of carbonyl (C=O) groups is 1. The van der Waals surface area contributed by atoms with Crippen LogP contribution < -0.4 is 0 Å². The molecule has 1 aromatic rings. The number of carbonyl (C=O) groups excluding carboxylic acids is 1. The molecule has 1 aromatic carbocycles. The lowest BCUT2D eigenvalue weighted by molar-refractivity contribution is -0.139. The molecular weight excluding hydrogens is 303 g/mol. The van der Waals surface area contributed by atoms with E-state index in [9.17, 15) is 4.79 Å². The molecule has 82 valence electrons. The van der Waals surface area contributed by atoms with E-state index in [4.69, 9.17) is 23.2 Å². The number of halogens is 3. The zero-order valence-electron chi connectivity index (χ0n) is 8.02. The number of hydrogen-bond donors (Lipinski definition) is 0. The van der Waals surface area contributed by atoms with Crippen LogP contribution in [0.2, 0.25) is 10.0 Å². The van der Waals surface area contributed by atoms with Gasteiger partial charge in [-0.15, -0.1) is 0 Å². The Hall–Kier alpha value is -0.250. The highest BCUT2D eigenvalue weighted by Crippen LogP contribution is 2.29. The van der Waals surface area contributed by atoms with Crippen molar-refractivity contribution in [2.24, 2.45) is 0 Å². The van der Waals surface area contributed by atoms with Gasteiger partial charge in [0, 0.05) is 5.33 Å². The second-order valence-corrected chi connectivity index (χ2v) is 4.28. The molecule has 5 heteroatoms. The quantitative estimate of drug-likeness (QED) is 0.630. The second kappa shape index (κ2) is 5.73. The number of hydrogen-bond acceptors (Lipinski definition) is 2. The van der Waals surface area contributed by atoms with E-state index in [1.165, 1.54) is 7.11 Å². The molecule has 15 heavy (non-hydrogen) atoms. The molecule has 2 nitrogen and oxygen atoms in total. The predicted octanol–water partition coefficient (Wildman–Crippen LogP) is 3.60. The first-order chi connectivity index (χ1) is 7.08. The fraction of sp³-hybridized carbons (Fsp3) is 0.300. The van der Waals surface area contributed by atoms with Crippen LogP contribution in [0, 0.1) is 0 Å². The molecule has 0 saturated carbocycles. The van der Waals surface area contributed by atoms with Crippen LogP contribution in [0.15, 0.2) is 12.1 Å². The molecule has 0 atom stereocenters. The van der Waals surface area contributed by atoms with Gasteiger partial charge in [-0.2, -0.15) is 0 Å². The fourth-order valence-electron chi connectivity index (χ4n) is 1.14. The normalized spacial score (nSPS) is 10.1. The van der Waals surface area contributed by atoms with Crippen molar-refractivity contribution in [2.45, 2.75) is 11.8 Å². The Labute approximate surface area is 107 Å². The Balaban J connectivity index is 3.05. The van der Waals surface area contributed by atoms with Crippen molar-refractivity contribution in [3.63, 3.8) is 0 Å². The number of methoxy groups -OCH3 is 1. The summed E-state index contributed by atoms with van der Waals surface area (Å²) in [6.07, 6.45) is 0.135. The summed E-state index contributed by atoms with van der Waals surface area (Å²) in [5.41, 5.74) is 1.66. The van der Waals surface area contributed by atoms with Gasteiger partial charge in [0.2, 0.25) is 0 Å². The molecule has 1 rings (SSSR count). The summed E-state index contributed by atoms with van der Waals surface area (Å²) in [5, 5.41) is 1.53. The molecule has 0 heterocycles. The van der Waals surface area contributed by atoms with E-state index in [2.05, 4.69) is 20.7 Å². The first-order valence-electron chi connectivity index (χ1n) is 4.18. The van der Waals surface area contributed by atoms with Gasteiger partial charge in [0.25, 0.3) is 0 Å². The monoisotopic (exact) mass is 310 g/mol. The van der Waals surface area contributed by atoms with Crippen molar-refractivity contribution >= 4 is 45.1 Å². The van der Waals surface area contributed by atoms with Crippen molar-refractivity contribution in [3.8, 4) is 0 Å². The molecule has 0 amide bonds. The molecule has 0 aliphatic heterocycles. The van der Waals surface area contributed by atoms with Crippen molar-refractivity contribution in [1.82, 2.24) is 0 Å². The number of alkyl halides is 1. The Kier molecular flexibility index (Phi) is 4.90. The van der Waals surface area contributed by atoms with Gasteiger partial charge in [-0.25, -0.2) is 0 Å². The molecule has 0 aromatic heterocycles. The summed E-state index contributed by atoms with van der Waals surface area (Å²) in [6.45, 7) is 0. The van der Waals surface area contributed by atoms with E-state index in [-0.39, 0.29) is 12.4 Å². The maximum absolute atomic E-state index is 11.1. The number of rotatable bonds is 3. The van der Waals surface area contributed by atoms with Crippen LogP contribution >= 0.6 is 39.1 Å². The Morgan fingerprint density at radius 3 is 2.67 bits per heavy atom. The maximum atomic E-state index is 11.1.